The van der Waals surface area contributed by atoms with Gasteiger partial charge >= 0.3 is 0 Å². The second kappa shape index (κ2) is 10.4. The molecule has 0 aromatic rings. The summed E-state index contributed by atoms with van der Waals surface area (Å²) in [6.45, 7) is 4.08. The maximum atomic E-state index is 10.3. The van der Waals surface area contributed by atoms with Crippen LogP contribution in [0.2, 0.25) is 0 Å². The van der Waals surface area contributed by atoms with Crippen molar-refractivity contribution in [3.63, 3.8) is 0 Å². The van der Waals surface area contributed by atoms with Crippen molar-refractivity contribution in [2.75, 3.05) is 0 Å². The number of halogens is 1. The first-order chi connectivity index (χ1) is 9.50. The summed E-state index contributed by atoms with van der Waals surface area (Å²) in [6.07, 6.45) is 12.0. The van der Waals surface area contributed by atoms with E-state index >= 15 is 0 Å². The van der Waals surface area contributed by atoms with Crippen molar-refractivity contribution in [3.8, 4) is 0 Å². The molecule has 2 N–H and O–H groups in total. The molecule has 0 heterocycles. The number of aliphatic hydroxyl groups is 2. The van der Waals surface area contributed by atoms with E-state index < -0.39 is 0 Å². The zero-order valence-electron chi connectivity index (χ0n) is 13.2. The molecule has 0 aliphatic heterocycles. The van der Waals surface area contributed by atoms with Gasteiger partial charge in [-0.2, -0.15) is 0 Å². The van der Waals surface area contributed by atoms with Crippen molar-refractivity contribution >= 4 is 22.6 Å². The highest BCUT2D eigenvalue weighted by atomic mass is 127. The lowest BCUT2D eigenvalue weighted by molar-refractivity contribution is 0.0858. The van der Waals surface area contributed by atoms with Crippen LogP contribution in [0.4, 0.5) is 0 Å². The Labute approximate surface area is 138 Å². The molecule has 0 bridgehead atoms. The normalized spacial score (nSPS) is 23.2. The van der Waals surface area contributed by atoms with E-state index in [2.05, 4.69) is 29.5 Å². The van der Waals surface area contributed by atoms with Crippen molar-refractivity contribution < 1.29 is 10.2 Å². The lowest BCUT2D eigenvalue weighted by Gasteiger charge is -2.27. The molecule has 20 heavy (non-hydrogen) atoms. The van der Waals surface area contributed by atoms with Gasteiger partial charge in [-0.25, -0.2) is 0 Å². The van der Waals surface area contributed by atoms with Crippen LogP contribution in [0.15, 0.2) is 0 Å². The molecule has 0 saturated heterocycles. The maximum absolute atomic E-state index is 10.3. The summed E-state index contributed by atoms with van der Waals surface area (Å²) in [5.41, 5.74) is 0. The van der Waals surface area contributed by atoms with E-state index in [4.69, 9.17) is 0 Å². The minimum atomic E-state index is -0.217. The zero-order chi connectivity index (χ0) is 15.0. The van der Waals surface area contributed by atoms with Gasteiger partial charge in [0.05, 0.1) is 12.2 Å². The van der Waals surface area contributed by atoms with E-state index in [-0.39, 0.29) is 12.2 Å². The van der Waals surface area contributed by atoms with E-state index in [1.165, 1.54) is 38.5 Å². The zero-order valence-corrected chi connectivity index (χ0v) is 15.4. The third kappa shape index (κ3) is 7.60. The Kier molecular flexibility index (Phi) is 9.71. The van der Waals surface area contributed by atoms with Gasteiger partial charge in [-0.05, 0) is 38.0 Å². The first kappa shape index (κ1) is 18.7. The molecule has 1 fully saturated rings. The number of hydrogen-bond donors (Lipinski definition) is 2. The van der Waals surface area contributed by atoms with Gasteiger partial charge in [0.1, 0.15) is 0 Å². The summed E-state index contributed by atoms with van der Waals surface area (Å²) in [5, 5.41) is 19.7. The molecule has 0 spiro atoms. The summed E-state index contributed by atoms with van der Waals surface area (Å²) in [6, 6.07) is 0. The van der Waals surface area contributed by atoms with Crippen LogP contribution < -0.4 is 0 Å². The van der Waals surface area contributed by atoms with E-state index in [9.17, 15) is 10.2 Å². The minimum Gasteiger partial charge on any atom is -0.393 e. The van der Waals surface area contributed by atoms with Crippen molar-refractivity contribution in [1.82, 2.24) is 0 Å². The van der Waals surface area contributed by atoms with Gasteiger partial charge in [0.15, 0.2) is 0 Å². The van der Waals surface area contributed by atoms with Gasteiger partial charge in [-0.1, -0.05) is 74.5 Å². The summed E-state index contributed by atoms with van der Waals surface area (Å²) < 4.78 is 0.351. The Balaban J connectivity index is 2.09. The molecule has 0 radical (unpaired) electrons. The second-order valence-corrected chi connectivity index (χ2v) is 8.43. The summed E-state index contributed by atoms with van der Waals surface area (Å²) in [5.74, 6) is 1.31. The minimum absolute atomic E-state index is 0.129. The van der Waals surface area contributed by atoms with Gasteiger partial charge in [0.25, 0.3) is 0 Å². The van der Waals surface area contributed by atoms with Gasteiger partial charge in [0.2, 0.25) is 0 Å². The molecule has 120 valence electrons. The van der Waals surface area contributed by atoms with Crippen LogP contribution in [0, 0.1) is 11.8 Å². The van der Waals surface area contributed by atoms with Crippen LogP contribution >= 0.6 is 22.6 Å². The summed E-state index contributed by atoms with van der Waals surface area (Å²) >= 11 is 2.33. The highest BCUT2D eigenvalue weighted by molar-refractivity contribution is 14.1. The molecular weight excluding hydrogens is 363 g/mol. The molecule has 2 nitrogen and oxygen atoms in total. The maximum Gasteiger partial charge on any atom is 0.0629 e. The second-order valence-electron chi connectivity index (χ2n) is 6.83. The molecule has 0 aromatic heterocycles. The fraction of sp³-hybridized carbons (Fsp3) is 1.00. The lowest BCUT2D eigenvalue weighted by Crippen LogP contribution is -2.22. The molecule has 1 rings (SSSR count). The molecular formula is C17H33IO2. The first-order valence-corrected chi connectivity index (χ1v) is 9.75. The fourth-order valence-corrected chi connectivity index (χ4v) is 3.76. The standard InChI is InChI=1S/C17H33IO2/c1-13(12-15-8-4-3-5-9-15)17(20)11-7-6-10-16(18)14(2)19/h13-17,19-20H,3-12H2,1-2H3/t13?,14?,16-,17?/m0/s1. The molecule has 0 amide bonds. The first-order valence-electron chi connectivity index (χ1n) is 8.51. The van der Waals surface area contributed by atoms with Crippen molar-refractivity contribution in [3.05, 3.63) is 0 Å². The van der Waals surface area contributed by atoms with Crippen LogP contribution in [0.1, 0.15) is 78.1 Å². The predicted molar refractivity (Wildman–Crippen MR) is 94.3 cm³/mol. The average molecular weight is 396 g/mol. The number of rotatable bonds is 9. The van der Waals surface area contributed by atoms with Crippen LogP contribution in [-0.2, 0) is 0 Å². The molecule has 3 unspecified atom stereocenters. The van der Waals surface area contributed by atoms with Crippen LogP contribution in [-0.4, -0.2) is 26.3 Å². The van der Waals surface area contributed by atoms with E-state index in [0.29, 0.717) is 9.84 Å². The molecule has 4 atom stereocenters. The van der Waals surface area contributed by atoms with Crippen LogP contribution in [0.3, 0.4) is 0 Å². The summed E-state index contributed by atoms with van der Waals surface area (Å²) in [7, 11) is 0. The van der Waals surface area contributed by atoms with Crippen molar-refractivity contribution in [2.24, 2.45) is 11.8 Å². The SMILES string of the molecule is CC(CC1CCCCC1)C(O)CCCC[C@H](I)C(C)O. The largest absolute Gasteiger partial charge is 0.393 e. The van der Waals surface area contributed by atoms with Crippen molar-refractivity contribution in [1.29, 1.82) is 0 Å². The third-order valence-corrected chi connectivity index (χ3v) is 6.50. The smallest absolute Gasteiger partial charge is 0.0629 e. The number of hydrogen-bond acceptors (Lipinski definition) is 2. The van der Waals surface area contributed by atoms with Crippen LogP contribution in [0.25, 0.3) is 0 Å². The average Bonchev–Trinajstić information content (AvgIpc) is 2.43. The topological polar surface area (TPSA) is 40.5 Å². The van der Waals surface area contributed by atoms with Gasteiger partial charge in [-0.3, -0.25) is 0 Å². The van der Waals surface area contributed by atoms with Crippen LogP contribution in [0.5, 0.6) is 0 Å². The predicted octanol–water partition coefficient (Wildman–Crippen LogP) is 4.70. The highest BCUT2D eigenvalue weighted by Gasteiger charge is 2.21. The Hall–Kier alpha value is 0.650. The number of aliphatic hydroxyl groups excluding tert-OH is 2. The lowest BCUT2D eigenvalue weighted by atomic mass is 9.81. The van der Waals surface area contributed by atoms with Gasteiger partial charge < -0.3 is 10.2 Å². The fourth-order valence-electron chi connectivity index (χ4n) is 3.32. The Morgan fingerprint density at radius 1 is 1.00 bits per heavy atom. The van der Waals surface area contributed by atoms with Crippen molar-refractivity contribution in [2.45, 2.75) is 94.2 Å². The third-order valence-electron chi connectivity index (χ3n) is 4.84. The Morgan fingerprint density at radius 2 is 1.60 bits per heavy atom. The summed E-state index contributed by atoms with van der Waals surface area (Å²) in [4.78, 5) is 0. The number of alkyl halides is 1. The van der Waals surface area contributed by atoms with Gasteiger partial charge in [0, 0.05) is 3.92 Å². The monoisotopic (exact) mass is 396 g/mol. The Morgan fingerprint density at radius 3 is 2.20 bits per heavy atom. The van der Waals surface area contributed by atoms with Gasteiger partial charge in [-0.15, -0.1) is 0 Å². The van der Waals surface area contributed by atoms with E-state index in [0.717, 1.165) is 31.6 Å². The molecule has 3 heteroatoms. The highest BCUT2D eigenvalue weighted by Crippen LogP contribution is 2.30. The Bertz CT molecular complexity index is 239. The number of unbranched alkanes of at least 4 members (excludes halogenated alkanes) is 1. The van der Waals surface area contributed by atoms with E-state index in [1.54, 1.807) is 0 Å². The van der Waals surface area contributed by atoms with E-state index in [1.807, 2.05) is 6.92 Å². The molecule has 1 saturated carbocycles. The molecule has 1 aliphatic carbocycles. The molecule has 0 aromatic carbocycles. The molecule has 1 aliphatic rings. The quantitative estimate of drug-likeness (QED) is 0.337.